The van der Waals surface area contributed by atoms with Crippen LogP contribution in [0.4, 0.5) is 0 Å². The Kier molecular flexibility index (Phi) is 6.51. The number of nitrogens with one attached hydrogen (secondary N) is 1. The zero-order chi connectivity index (χ0) is 21.1. The minimum absolute atomic E-state index is 0.197. The first kappa shape index (κ1) is 21.2. The third kappa shape index (κ3) is 4.58. The molecular weight excluding hydrogens is 378 g/mol. The Hall–Kier alpha value is -2.49. The first-order chi connectivity index (χ1) is 13.8. The highest BCUT2D eigenvalue weighted by molar-refractivity contribution is 5.94. The van der Waals surface area contributed by atoms with Crippen molar-refractivity contribution < 1.29 is 34.7 Å². The SMILES string of the molecule is CNC(=O)c1ccc(Oc2cc(C)cc([C@H]3O[C@H](CO)[C@@H](O)[C@H](O)[C@@H]3O)c2)cc1. The number of hydrogen-bond donors (Lipinski definition) is 5. The van der Waals surface area contributed by atoms with Crippen LogP contribution >= 0.6 is 0 Å². The van der Waals surface area contributed by atoms with E-state index in [1.54, 1.807) is 49.5 Å². The number of aliphatic hydroxyl groups is 4. The lowest BCUT2D eigenvalue weighted by atomic mass is 9.90. The molecule has 0 bridgehead atoms. The van der Waals surface area contributed by atoms with E-state index in [9.17, 15) is 25.2 Å². The van der Waals surface area contributed by atoms with Crippen LogP contribution in [0.2, 0.25) is 0 Å². The normalized spacial score (nSPS) is 26.8. The van der Waals surface area contributed by atoms with Crippen molar-refractivity contribution in [1.82, 2.24) is 5.32 Å². The van der Waals surface area contributed by atoms with Gasteiger partial charge in [0, 0.05) is 12.6 Å². The van der Waals surface area contributed by atoms with Gasteiger partial charge < -0.3 is 35.2 Å². The standard InChI is InChI=1S/C21H25NO7/c1-11-7-13(20-19(26)18(25)17(24)16(10-23)29-20)9-15(8-11)28-14-5-3-12(4-6-14)21(27)22-2/h3-9,16-20,23-26H,10H2,1-2H3,(H,22,27)/t16-,17-,18+,19+,20-/m1/s1. The number of carbonyl (C=O) groups excluding carboxylic acids is 1. The quantitative estimate of drug-likeness (QED) is 0.496. The molecule has 0 aromatic heterocycles. The molecule has 2 aromatic carbocycles. The number of carbonyl (C=O) groups is 1. The Balaban J connectivity index is 1.83. The Morgan fingerprint density at radius 3 is 2.34 bits per heavy atom. The summed E-state index contributed by atoms with van der Waals surface area (Å²) in [5, 5.41) is 42.3. The smallest absolute Gasteiger partial charge is 0.251 e. The number of benzene rings is 2. The van der Waals surface area contributed by atoms with E-state index in [4.69, 9.17) is 9.47 Å². The molecule has 1 saturated heterocycles. The Morgan fingerprint density at radius 2 is 1.72 bits per heavy atom. The van der Waals surface area contributed by atoms with E-state index >= 15 is 0 Å². The lowest BCUT2D eigenvalue weighted by Gasteiger charge is -2.40. The number of hydrogen-bond acceptors (Lipinski definition) is 7. The van der Waals surface area contributed by atoms with Crippen LogP contribution in [-0.2, 0) is 4.74 Å². The van der Waals surface area contributed by atoms with Crippen molar-refractivity contribution >= 4 is 5.91 Å². The first-order valence-corrected chi connectivity index (χ1v) is 9.26. The van der Waals surface area contributed by atoms with Crippen molar-refractivity contribution in [2.75, 3.05) is 13.7 Å². The van der Waals surface area contributed by atoms with Crippen LogP contribution in [0, 0.1) is 6.92 Å². The molecule has 0 aliphatic carbocycles. The number of rotatable bonds is 5. The van der Waals surface area contributed by atoms with Crippen LogP contribution in [-0.4, -0.2) is 64.4 Å². The summed E-state index contributed by atoms with van der Waals surface area (Å²) in [6.45, 7) is 1.35. The lowest BCUT2D eigenvalue weighted by Crippen LogP contribution is -2.55. The molecule has 29 heavy (non-hydrogen) atoms. The molecule has 1 fully saturated rings. The molecule has 8 nitrogen and oxygen atoms in total. The van der Waals surface area contributed by atoms with Crippen molar-refractivity contribution in [2.24, 2.45) is 0 Å². The van der Waals surface area contributed by atoms with Crippen LogP contribution in [0.25, 0.3) is 0 Å². The average Bonchev–Trinajstić information content (AvgIpc) is 2.72. The van der Waals surface area contributed by atoms with Crippen LogP contribution in [0.1, 0.15) is 27.6 Å². The molecular formula is C21H25NO7. The highest BCUT2D eigenvalue weighted by atomic mass is 16.5. The maximum atomic E-state index is 11.6. The lowest BCUT2D eigenvalue weighted by molar-refractivity contribution is -0.231. The second-order valence-electron chi connectivity index (χ2n) is 7.03. The highest BCUT2D eigenvalue weighted by Crippen LogP contribution is 2.35. The van der Waals surface area contributed by atoms with Crippen molar-refractivity contribution in [3.63, 3.8) is 0 Å². The second kappa shape index (κ2) is 8.89. The van der Waals surface area contributed by atoms with Crippen molar-refractivity contribution in [3.05, 3.63) is 59.2 Å². The molecule has 8 heteroatoms. The van der Waals surface area contributed by atoms with Gasteiger partial charge in [-0.25, -0.2) is 0 Å². The van der Waals surface area contributed by atoms with Gasteiger partial charge in [-0.2, -0.15) is 0 Å². The van der Waals surface area contributed by atoms with Gasteiger partial charge in [0.2, 0.25) is 0 Å². The monoisotopic (exact) mass is 403 g/mol. The fourth-order valence-corrected chi connectivity index (χ4v) is 3.33. The van der Waals surface area contributed by atoms with Crippen LogP contribution in [0.15, 0.2) is 42.5 Å². The molecule has 0 saturated carbocycles. The van der Waals surface area contributed by atoms with Gasteiger partial charge in [0.15, 0.2) is 0 Å². The molecule has 1 aliphatic rings. The van der Waals surface area contributed by atoms with E-state index in [1.165, 1.54) is 0 Å². The van der Waals surface area contributed by atoms with E-state index in [2.05, 4.69) is 5.32 Å². The topological polar surface area (TPSA) is 128 Å². The first-order valence-electron chi connectivity index (χ1n) is 9.26. The number of aliphatic hydroxyl groups excluding tert-OH is 4. The van der Waals surface area contributed by atoms with Crippen molar-refractivity contribution in [3.8, 4) is 11.5 Å². The molecule has 0 spiro atoms. The second-order valence-corrected chi connectivity index (χ2v) is 7.03. The zero-order valence-corrected chi connectivity index (χ0v) is 16.1. The molecule has 1 aliphatic heterocycles. The number of ether oxygens (including phenoxy) is 2. The minimum Gasteiger partial charge on any atom is -0.457 e. The summed E-state index contributed by atoms with van der Waals surface area (Å²) in [4.78, 5) is 11.6. The largest absolute Gasteiger partial charge is 0.457 e. The van der Waals surface area contributed by atoms with E-state index in [-0.39, 0.29) is 5.91 Å². The van der Waals surface area contributed by atoms with Gasteiger partial charge in [0.25, 0.3) is 5.91 Å². The fourth-order valence-electron chi connectivity index (χ4n) is 3.33. The van der Waals surface area contributed by atoms with E-state index in [1.807, 2.05) is 6.92 Å². The maximum absolute atomic E-state index is 11.6. The van der Waals surface area contributed by atoms with E-state index in [0.29, 0.717) is 22.6 Å². The van der Waals surface area contributed by atoms with Gasteiger partial charge in [-0.1, -0.05) is 6.07 Å². The maximum Gasteiger partial charge on any atom is 0.251 e. The highest BCUT2D eigenvalue weighted by Gasteiger charge is 2.44. The summed E-state index contributed by atoms with van der Waals surface area (Å²) in [6.07, 6.45) is -6.16. The summed E-state index contributed by atoms with van der Waals surface area (Å²) < 4.78 is 11.5. The Labute approximate surface area is 168 Å². The fraction of sp³-hybridized carbons (Fsp3) is 0.381. The number of amides is 1. The van der Waals surface area contributed by atoms with Gasteiger partial charge >= 0.3 is 0 Å². The molecule has 5 atom stereocenters. The van der Waals surface area contributed by atoms with Gasteiger partial charge in [0.05, 0.1) is 6.61 Å². The van der Waals surface area contributed by atoms with Crippen LogP contribution in [0.5, 0.6) is 11.5 Å². The van der Waals surface area contributed by atoms with Gasteiger partial charge in [-0.15, -0.1) is 0 Å². The summed E-state index contributed by atoms with van der Waals surface area (Å²) in [5.74, 6) is 0.796. The predicted octanol–water partition coefficient (Wildman–Crippen LogP) is 0.662. The molecule has 1 amide bonds. The van der Waals surface area contributed by atoms with Gasteiger partial charge in [-0.05, 0) is 54.4 Å². The molecule has 1 heterocycles. The molecule has 5 N–H and O–H groups in total. The molecule has 0 radical (unpaired) electrons. The Morgan fingerprint density at radius 1 is 1.03 bits per heavy atom. The van der Waals surface area contributed by atoms with Crippen LogP contribution in [0.3, 0.4) is 0 Å². The number of aryl methyl sites for hydroxylation is 1. The van der Waals surface area contributed by atoms with Gasteiger partial charge in [0.1, 0.15) is 42.0 Å². The molecule has 3 rings (SSSR count). The Bertz CT molecular complexity index is 853. The molecule has 0 unspecified atom stereocenters. The van der Waals surface area contributed by atoms with E-state index in [0.717, 1.165) is 5.56 Å². The summed E-state index contributed by atoms with van der Waals surface area (Å²) in [6, 6.07) is 11.8. The minimum atomic E-state index is -1.45. The zero-order valence-electron chi connectivity index (χ0n) is 16.1. The molecule has 2 aromatic rings. The predicted molar refractivity (Wildman–Crippen MR) is 104 cm³/mol. The van der Waals surface area contributed by atoms with Gasteiger partial charge in [-0.3, -0.25) is 4.79 Å². The summed E-state index contributed by atoms with van der Waals surface area (Å²) >= 11 is 0. The summed E-state index contributed by atoms with van der Waals surface area (Å²) in [5.41, 5.74) is 1.88. The van der Waals surface area contributed by atoms with Crippen molar-refractivity contribution in [1.29, 1.82) is 0 Å². The summed E-state index contributed by atoms with van der Waals surface area (Å²) in [7, 11) is 1.56. The van der Waals surface area contributed by atoms with Crippen molar-refractivity contribution in [2.45, 2.75) is 37.4 Å². The third-order valence-electron chi connectivity index (χ3n) is 4.87. The molecule has 156 valence electrons. The average molecular weight is 403 g/mol. The van der Waals surface area contributed by atoms with Crippen LogP contribution < -0.4 is 10.1 Å². The van der Waals surface area contributed by atoms with E-state index < -0.39 is 37.1 Å². The third-order valence-corrected chi connectivity index (χ3v) is 4.87.